The number of hydrogen-bond acceptors (Lipinski definition) is 5. The summed E-state index contributed by atoms with van der Waals surface area (Å²) in [4.78, 5) is 34.3. The van der Waals surface area contributed by atoms with Gasteiger partial charge in [0.15, 0.2) is 0 Å². The summed E-state index contributed by atoms with van der Waals surface area (Å²) in [6, 6.07) is 10.5. The summed E-state index contributed by atoms with van der Waals surface area (Å²) in [5, 5.41) is 7.08. The number of urea groups is 1. The number of carbonyl (C=O) groups excluding carboxylic acids is 3. The number of carbonyl (C=O) groups is 3. The van der Waals surface area contributed by atoms with Crippen molar-refractivity contribution in [1.82, 2.24) is 16.0 Å². The maximum Gasteiger partial charge on any atom is 0.573 e. The molecule has 1 saturated heterocycles. The Morgan fingerprint density at radius 1 is 0.968 bits per heavy atom. The fourth-order valence-electron chi connectivity index (χ4n) is 2.78. The van der Waals surface area contributed by atoms with Crippen molar-refractivity contribution in [2.45, 2.75) is 25.2 Å². The van der Waals surface area contributed by atoms with E-state index in [1.54, 1.807) is 24.3 Å². The summed E-state index contributed by atoms with van der Waals surface area (Å²) in [5.74, 6) is -0.399. The molecule has 1 aliphatic heterocycles. The van der Waals surface area contributed by atoms with Crippen LogP contribution in [0.4, 0.5) is 18.0 Å². The first-order chi connectivity index (χ1) is 14.7. The third kappa shape index (κ3) is 6.91. The van der Waals surface area contributed by atoms with Crippen molar-refractivity contribution in [1.29, 1.82) is 0 Å². The van der Waals surface area contributed by atoms with Gasteiger partial charge in [0.05, 0.1) is 6.42 Å². The molecule has 0 spiro atoms. The molecule has 3 rings (SSSR count). The molecule has 0 bridgehead atoms. The van der Waals surface area contributed by atoms with E-state index in [1.807, 2.05) is 0 Å². The predicted octanol–water partition coefficient (Wildman–Crippen LogP) is 2.63. The van der Waals surface area contributed by atoms with E-state index in [0.29, 0.717) is 24.5 Å². The summed E-state index contributed by atoms with van der Waals surface area (Å²) in [6.07, 6.45) is -4.37. The number of alkyl halides is 3. The molecule has 0 saturated carbocycles. The number of ether oxygens (including phenoxy) is 2. The highest BCUT2D eigenvalue weighted by atomic mass is 19.4. The number of imide groups is 1. The van der Waals surface area contributed by atoms with Gasteiger partial charge in [0.25, 0.3) is 5.91 Å². The predicted molar refractivity (Wildman–Crippen MR) is 101 cm³/mol. The van der Waals surface area contributed by atoms with E-state index in [-0.39, 0.29) is 18.1 Å². The third-order valence-corrected chi connectivity index (χ3v) is 4.20. The van der Waals surface area contributed by atoms with E-state index in [2.05, 4.69) is 20.7 Å². The Bertz CT molecular complexity index is 946. The third-order valence-electron chi connectivity index (χ3n) is 4.20. The van der Waals surface area contributed by atoms with Crippen LogP contribution in [0.25, 0.3) is 0 Å². The zero-order valence-corrected chi connectivity index (χ0v) is 16.0. The van der Waals surface area contributed by atoms with Crippen LogP contribution in [-0.4, -0.2) is 36.8 Å². The number of nitrogens with one attached hydrogen (secondary N) is 3. The quantitative estimate of drug-likeness (QED) is 0.551. The molecule has 4 amide bonds. The SMILES string of the molecule is O=C(CC1NC(=O)NC1=O)NCCc1ccc(Oc2ccc(OC(F)(F)F)cc2)cc1. The van der Waals surface area contributed by atoms with Crippen LogP contribution in [0.2, 0.25) is 0 Å². The molecule has 1 fully saturated rings. The highest BCUT2D eigenvalue weighted by Gasteiger charge is 2.31. The second-order valence-corrected chi connectivity index (χ2v) is 6.58. The number of halogens is 3. The van der Waals surface area contributed by atoms with Crippen molar-refractivity contribution in [3.8, 4) is 17.2 Å². The van der Waals surface area contributed by atoms with Gasteiger partial charge >= 0.3 is 12.4 Å². The Kier molecular flexibility index (Phi) is 6.63. The van der Waals surface area contributed by atoms with Gasteiger partial charge < -0.3 is 20.1 Å². The lowest BCUT2D eigenvalue weighted by Gasteiger charge is -2.11. The van der Waals surface area contributed by atoms with Gasteiger partial charge in [0.2, 0.25) is 5.91 Å². The Morgan fingerprint density at radius 2 is 1.55 bits per heavy atom. The first-order valence-corrected chi connectivity index (χ1v) is 9.18. The van der Waals surface area contributed by atoms with Crippen LogP contribution in [-0.2, 0) is 16.0 Å². The number of amides is 4. The largest absolute Gasteiger partial charge is 0.573 e. The van der Waals surface area contributed by atoms with Crippen molar-refractivity contribution < 1.29 is 37.0 Å². The van der Waals surface area contributed by atoms with Crippen LogP contribution in [0.1, 0.15) is 12.0 Å². The van der Waals surface area contributed by atoms with Crippen LogP contribution in [0.15, 0.2) is 48.5 Å². The van der Waals surface area contributed by atoms with Crippen LogP contribution >= 0.6 is 0 Å². The molecular formula is C20H18F3N3O5. The van der Waals surface area contributed by atoms with Crippen molar-refractivity contribution in [2.24, 2.45) is 0 Å². The summed E-state index contributed by atoms with van der Waals surface area (Å²) >= 11 is 0. The van der Waals surface area contributed by atoms with Gasteiger partial charge in [-0.2, -0.15) is 0 Å². The van der Waals surface area contributed by atoms with Crippen LogP contribution in [0, 0.1) is 0 Å². The molecular weight excluding hydrogens is 419 g/mol. The summed E-state index contributed by atoms with van der Waals surface area (Å²) < 4.78 is 45.9. The van der Waals surface area contributed by atoms with Crippen LogP contribution < -0.4 is 25.4 Å². The number of benzene rings is 2. The summed E-state index contributed by atoms with van der Waals surface area (Å²) in [5.41, 5.74) is 0.911. The lowest BCUT2D eigenvalue weighted by Crippen LogP contribution is -2.36. The average molecular weight is 437 g/mol. The molecule has 1 unspecified atom stereocenters. The highest BCUT2D eigenvalue weighted by molar-refractivity contribution is 6.05. The van der Waals surface area contributed by atoms with Crippen molar-refractivity contribution >= 4 is 17.8 Å². The fraction of sp³-hybridized carbons (Fsp3) is 0.250. The van der Waals surface area contributed by atoms with E-state index < -0.39 is 24.3 Å². The standard InChI is InChI=1S/C20H18F3N3O5/c21-20(22,23)31-15-7-5-14(6-8-15)30-13-3-1-12(2-4-13)9-10-24-17(27)11-16-18(28)26-19(29)25-16/h1-8,16H,9-11H2,(H,24,27)(H2,25,26,28,29). The topological polar surface area (TPSA) is 106 Å². The highest BCUT2D eigenvalue weighted by Crippen LogP contribution is 2.27. The second kappa shape index (κ2) is 9.37. The minimum atomic E-state index is -4.75. The van der Waals surface area contributed by atoms with Gasteiger partial charge in [0, 0.05) is 6.54 Å². The molecule has 0 radical (unpaired) electrons. The average Bonchev–Trinajstić information content (AvgIpc) is 3.00. The fourth-order valence-corrected chi connectivity index (χ4v) is 2.78. The van der Waals surface area contributed by atoms with E-state index in [4.69, 9.17) is 4.74 Å². The molecule has 2 aromatic rings. The van der Waals surface area contributed by atoms with Gasteiger partial charge in [-0.3, -0.25) is 14.9 Å². The molecule has 0 aromatic heterocycles. The summed E-state index contributed by atoms with van der Waals surface area (Å²) in [6.45, 7) is 0.335. The van der Waals surface area contributed by atoms with Gasteiger partial charge in [-0.05, 0) is 48.4 Å². The molecule has 1 heterocycles. The smallest absolute Gasteiger partial charge is 0.457 e. The maximum atomic E-state index is 12.2. The molecule has 1 aliphatic rings. The molecule has 31 heavy (non-hydrogen) atoms. The minimum absolute atomic E-state index is 0.142. The molecule has 1 atom stereocenters. The lowest BCUT2D eigenvalue weighted by atomic mass is 10.1. The van der Waals surface area contributed by atoms with Crippen molar-refractivity contribution in [3.05, 3.63) is 54.1 Å². The Morgan fingerprint density at radius 3 is 2.10 bits per heavy atom. The number of rotatable bonds is 8. The Labute approximate surface area is 174 Å². The van der Waals surface area contributed by atoms with E-state index in [0.717, 1.165) is 17.7 Å². The van der Waals surface area contributed by atoms with Gasteiger partial charge in [-0.15, -0.1) is 13.2 Å². The molecule has 11 heteroatoms. The molecule has 0 aliphatic carbocycles. The lowest BCUT2D eigenvalue weighted by molar-refractivity contribution is -0.274. The van der Waals surface area contributed by atoms with Crippen LogP contribution in [0.5, 0.6) is 17.2 Å². The van der Waals surface area contributed by atoms with Gasteiger partial charge in [0.1, 0.15) is 23.3 Å². The first kappa shape index (κ1) is 21.9. The zero-order valence-electron chi connectivity index (χ0n) is 16.0. The van der Waals surface area contributed by atoms with Crippen molar-refractivity contribution in [3.63, 3.8) is 0 Å². The normalized spacial score (nSPS) is 15.8. The molecule has 8 nitrogen and oxygen atoms in total. The van der Waals surface area contributed by atoms with Crippen LogP contribution in [0.3, 0.4) is 0 Å². The van der Waals surface area contributed by atoms with Crippen molar-refractivity contribution in [2.75, 3.05) is 6.54 Å². The second-order valence-electron chi connectivity index (χ2n) is 6.58. The molecule has 3 N–H and O–H groups in total. The Hall–Kier alpha value is -3.76. The number of hydrogen-bond donors (Lipinski definition) is 3. The van der Waals surface area contributed by atoms with E-state index in [1.165, 1.54) is 12.1 Å². The molecule has 2 aromatic carbocycles. The minimum Gasteiger partial charge on any atom is -0.457 e. The van der Waals surface area contributed by atoms with Gasteiger partial charge in [-0.25, -0.2) is 4.79 Å². The van der Waals surface area contributed by atoms with E-state index in [9.17, 15) is 27.6 Å². The Balaban J connectivity index is 1.42. The van der Waals surface area contributed by atoms with Gasteiger partial charge in [-0.1, -0.05) is 12.1 Å². The first-order valence-electron chi connectivity index (χ1n) is 9.18. The van der Waals surface area contributed by atoms with E-state index >= 15 is 0 Å². The zero-order chi connectivity index (χ0) is 22.4. The monoisotopic (exact) mass is 437 g/mol. The summed E-state index contributed by atoms with van der Waals surface area (Å²) in [7, 11) is 0. The molecule has 164 valence electrons. The maximum absolute atomic E-state index is 12.2.